The van der Waals surface area contributed by atoms with Gasteiger partial charge in [0.1, 0.15) is 10.7 Å². The summed E-state index contributed by atoms with van der Waals surface area (Å²) in [6.07, 6.45) is 3.45. The quantitative estimate of drug-likeness (QED) is 0.630. The molecule has 1 heterocycles. The van der Waals surface area contributed by atoms with Crippen LogP contribution in [0.25, 0.3) is 0 Å². The summed E-state index contributed by atoms with van der Waals surface area (Å²) >= 11 is 0. The maximum atomic E-state index is 14.3. The molecule has 1 N–H and O–H groups in total. The van der Waals surface area contributed by atoms with E-state index in [4.69, 9.17) is 0 Å². The van der Waals surface area contributed by atoms with E-state index in [1.165, 1.54) is 22.5 Å². The van der Waals surface area contributed by atoms with Crippen molar-refractivity contribution in [2.24, 2.45) is 0 Å². The molecule has 2 aromatic carbocycles. The summed E-state index contributed by atoms with van der Waals surface area (Å²) in [5.41, 5.74) is 0.297. The van der Waals surface area contributed by atoms with Crippen LogP contribution in [0.1, 0.15) is 41.6 Å². The maximum absolute atomic E-state index is 14.3. The smallest absolute Gasteiger partial charge is 0.337 e. The summed E-state index contributed by atoms with van der Waals surface area (Å²) in [5.74, 6) is -1.88. The van der Waals surface area contributed by atoms with Crippen molar-refractivity contribution in [1.29, 1.82) is 0 Å². The molecule has 0 saturated carbocycles. The van der Waals surface area contributed by atoms with E-state index in [0.29, 0.717) is 18.7 Å². The first kappa shape index (κ1) is 24.1. The van der Waals surface area contributed by atoms with Gasteiger partial charge in [0.05, 0.1) is 23.3 Å². The highest BCUT2D eigenvalue weighted by atomic mass is 32.2. The number of esters is 1. The van der Waals surface area contributed by atoms with Crippen LogP contribution >= 0.6 is 0 Å². The minimum Gasteiger partial charge on any atom is -0.465 e. The van der Waals surface area contributed by atoms with E-state index in [-0.39, 0.29) is 16.1 Å². The zero-order valence-corrected chi connectivity index (χ0v) is 19.4. The molecule has 8 nitrogen and oxygen atoms in total. The molecule has 0 amide bonds. The molecule has 1 fully saturated rings. The van der Waals surface area contributed by atoms with Gasteiger partial charge >= 0.3 is 5.97 Å². The Labute approximate surface area is 187 Å². The Bertz CT molecular complexity index is 1220. The number of rotatable bonds is 6. The monoisotopic (exact) mass is 484 g/mol. The number of carbonyl (C=O) groups excluding carboxylic acids is 1. The first-order valence-corrected chi connectivity index (χ1v) is 13.0. The fraction of sp³-hybridized carbons (Fsp3) is 0.381. The molecule has 2 aromatic rings. The Morgan fingerprint density at radius 2 is 1.62 bits per heavy atom. The Morgan fingerprint density at radius 1 is 0.969 bits per heavy atom. The summed E-state index contributed by atoms with van der Waals surface area (Å²) in [6.45, 7) is 2.44. The fourth-order valence-corrected chi connectivity index (χ4v) is 6.45. The summed E-state index contributed by atoms with van der Waals surface area (Å²) in [4.78, 5) is 10.9. The molecule has 0 aliphatic carbocycles. The largest absolute Gasteiger partial charge is 0.465 e. The van der Waals surface area contributed by atoms with Crippen molar-refractivity contribution in [3.63, 3.8) is 0 Å². The summed E-state index contributed by atoms with van der Waals surface area (Å²) in [6, 6.07) is 6.95. The van der Waals surface area contributed by atoms with E-state index in [1.54, 1.807) is 6.92 Å². The van der Waals surface area contributed by atoms with Gasteiger partial charge in [0.2, 0.25) is 10.0 Å². The highest BCUT2D eigenvalue weighted by molar-refractivity contribution is 7.92. The van der Waals surface area contributed by atoms with E-state index in [2.05, 4.69) is 9.46 Å². The molecular formula is C21H25FN2O6S2. The molecule has 32 heavy (non-hydrogen) atoms. The predicted octanol–water partition coefficient (Wildman–Crippen LogP) is 3.29. The third kappa shape index (κ3) is 5.11. The predicted molar refractivity (Wildman–Crippen MR) is 117 cm³/mol. The Hall–Kier alpha value is -2.50. The number of halogens is 1. The number of hydrogen-bond donors (Lipinski definition) is 1. The third-order valence-electron chi connectivity index (χ3n) is 5.27. The van der Waals surface area contributed by atoms with Gasteiger partial charge in [0, 0.05) is 13.1 Å². The molecule has 0 aromatic heterocycles. The van der Waals surface area contributed by atoms with E-state index in [0.717, 1.165) is 51.0 Å². The highest BCUT2D eigenvalue weighted by Crippen LogP contribution is 2.27. The van der Waals surface area contributed by atoms with Gasteiger partial charge in [0.15, 0.2) is 0 Å². The molecule has 3 rings (SSSR count). The van der Waals surface area contributed by atoms with Gasteiger partial charge in [-0.3, -0.25) is 4.72 Å². The van der Waals surface area contributed by atoms with Crippen LogP contribution in [0, 0.1) is 12.7 Å². The molecule has 1 aliphatic heterocycles. The lowest BCUT2D eigenvalue weighted by Gasteiger charge is -2.21. The van der Waals surface area contributed by atoms with Crippen molar-refractivity contribution in [2.75, 3.05) is 24.9 Å². The minimum atomic E-state index is -4.46. The Morgan fingerprint density at radius 3 is 2.25 bits per heavy atom. The van der Waals surface area contributed by atoms with Gasteiger partial charge in [-0.15, -0.1) is 0 Å². The number of ether oxygens (including phenoxy) is 1. The SMILES string of the molecule is COC(=O)c1ccc(F)c(S(=O)(=O)Nc2ccc(C)c(S(=O)(=O)N3CCCCCC3)c2)c1. The molecule has 0 unspecified atom stereocenters. The van der Waals surface area contributed by atoms with Gasteiger partial charge < -0.3 is 4.74 Å². The van der Waals surface area contributed by atoms with Crippen LogP contribution in [0.2, 0.25) is 0 Å². The number of hydrogen-bond acceptors (Lipinski definition) is 6. The number of nitrogens with zero attached hydrogens (tertiary/aromatic N) is 1. The van der Waals surface area contributed by atoms with Gasteiger partial charge in [-0.2, -0.15) is 4.31 Å². The second-order valence-corrected chi connectivity index (χ2v) is 11.1. The average Bonchev–Trinajstić information content (AvgIpc) is 3.04. The molecule has 0 radical (unpaired) electrons. The van der Waals surface area contributed by atoms with Crippen LogP contribution in [-0.2, 0) is 24.8 Å². The van der Waals surface area contributed by atoms with Gasteiger partial charge in [-0.25, -0.2) is 26.0 Å². The number of aryl methyl sites for hydroxylation is 1. The topological polar surface area (TPSA) is 110 Å². The van der Waals surface area contributed by atoms with Crippen LogP contribution in [-0.4, -0.2) is 47.3 Å². The average molecular weight is 485 g/mol. The van der Waals surface area contributed by atoms with Crippen molar-refractivity contribution in [2.45, 2.75) is 42.4 Å². The molecule has 0 atom stereocenters. The van der Waals surface area contributed by atoms with E-state index in [1.807, 2.05) is 0 Å². The van der Waals surface area contributed by atoms with Crippen LogP contribution in [0.3, 0.4) is 0 Å². The summed E-state index contributed by atoms with van der Waals surface area (Å²) < 4.78 is 74.5. The van der Waals surface area contributed by atoms with Crippen molar-refractivity contribution in [3.05, 3.63) is 53.3 Å². The zero-order chi connectivity index (χ0) is 23.5. The van der Waals surface area contributed by atoms with Gasteiger partial charge in [-0.05, 0) is 55.7 Å². The molecule has 1 saturated heterocycles. The Balaban J connectivity index is 1.96. The second-order valence-electron chi connectivity index (χ2n) is 7.54. The number of methoxy groups -OCH3 is 1. The van der Waals surface area contributed by atoms with E-state index in [9.17, 15) is 26.0 Å². The zero-order valence-electron chi connectivity index (χ0n) is 17.8. The molecule has 174 valence electrons. The normalized spacial score (nSPS) is 15.7. The van der Waals surface area contributed by atoms with Crippen LogP contribution in [0.4, 0.5) is 10.1 Å². The van der Waals surface area contributed by atoms with Crippen LogP contribution in [0.5, 0.6) is 0 Å². The first-order chi connectivity index (χ1) is 15.1. The number of sulfonamides is 2. The molecule has 11 heteroatoms. The molecule has 0 bridgehead atoms. The number of benzene rings is 2. The minimum absolute atomic E-state index is 0.0108. The van der Waals surface area contributed by atoms with Crippen LogP contribution < -0.4 is 4.72 Å². The summed E-state index contributed by atoms with van der Waals surface area (Å²) in [5, 5.41) is 0. The second kappa shape index (κ2) is 9.55. The van der Waals surface area contributed by atoms with Gasteiger partial charge in [0.25, 0.3) is 10.0 Å². The number of anilines is 1. The maximum Gasteiger partial charge on any atom is 0.337 e. The molecular weight excluding hydrogens is 459 g/mol. The fourth-order valence-electron chi connectivity index (χ4n) is 3.53. The highest BCUT2D eigenvalue weighted by Gasteiger charge is 2.28. The molecule has 1 aliphatic rings. The van der Waals surface area contributed by atoms with Crippen molar-refractivity contribution < 1.29 is 30.8 Å². The molecule has 0 spiro atoms. The lowest BCUT2D eigenvalue weighted by molar-refractivity contribution is 0.0600. The first-order valence-electron chi connectivity index (χ1n) is 10.1. The van der Waals surface area contributed by atoms with Crippen molar-refractivity contribution in [3.8, 4) is 0 Å². The number of carbonyl (C=O) groups is 1. The standard InChI is InChI=1S/C21H25FN2O6S2/c1-15-7-9-17(14-19(15)32(28,29)24-11-5-3-4-6-12-24)23-31(26,27)20-13-16(21(25)30-2)8-10-18(20)22/h7-10,13-14,23H,3-6,11-12H2,1-2H3. The summed E-state index contributed by atoms with van der Waals surface area (Å²) in [7, 11) is -7.16. The lowest BCUT2D eigenvalue weighted by atomic mass is 10.2. The number of nitrogens with one attached hydrogen (secondary N) is 1. The lowest BCUT2D eigenvalue weighted by Crippen LogP contribution is -2.32. The van der Waals surface area contributed by atoms with Crippen LogP contribution in [0.15, 0.2) is 46.2 Å². The third-order valence-corrected chi connectivity index (χ3v) is 8.70. The van der Waals surface area contributed by atoms with E-state index < -0.39 is 36.7 Å². The van der Waals surface area contributed by atoms with Gasteiger partial charge in [-0.1, -0.05) is 18.9 Å². The van der Waals surface area contributed by atoms with Crippen molar-refractivity contribution >= 4 is 31.7 Å². The Kier molecular flexibility index (Phi) is 7.21. The van der Waals surface area contributed by atoms with Crippen molar-refractivity contribution in [1.82, 2.24) is 4.31 Å². The van der Waals surface area contributed by atoms with E-state index >= 15 is 0 Å².